The summed E-state index contributed by atoms with van der Waals surface area (Å²) < 4.78 is 9.81. The lowest BCUT2D eigenvalue weighted by Gasteiger charge is -1.99. The van der Waals surface area contributed by atoms with Crippen LogP contribution in [0.3, 0.4) is 0 Å². The van der Waals surface area contributed by atoms with Crippen LogP contribution in [-0.2, 0) is 11.3 Å². The average Bonchev–Trinajstić information content (AvgIpc) is 2.96. The summed E-state index contributed by atoms with van der Waals surface area (Å²) in [5.74, 6) is 0.317. The topological polar surface area (TPSA) is 51.5 Å². The fourth-order valence-electron chi connectivity index (χ4n) is 1.25. The molecule has 2 rings (SSSR count). The van der Waals surface area contributed by atoms with Crippen molar-refractivity contribution in [2.45, 2.75) is 6.54 Å². The molecule has 0 radical (unpaired) electrons. The number of hydrogen-bond acceptors (Lipinski definition) is 5. The normalized spacial score (nSPS) is 10.1. The van der Waals surface area contributed by atoms with Crippen LogP contribution in [0.2, 0.25) is 0 Å². The van der Waals surface area contributed by atoms with E-state index >= 15 is 0 Å². The summed E-state index contributed by atoms with van der Waals surface area (Å²) in [6.45, 7) is 0.549. The van der Waals surface area contributed by atoms with E-state index in [0.717, 1.165) is 5.69 Å². The number of esters is 1. The Morgan fingerprint density at radius 2 is 2.50 bits per heavy atom. The molecule has 16 heavy (non-hydrogen) atoms. The summed E-state index contributed by atoms with van der Waals surface area (Å²) in [7, 11) is 1.35. The highest BCUT2D eigenvalue weighted by molar-refractivity contribution is 7.08. The Kier molecular flexibility index (Phi) is 3.26. The first-order chi connectivity index (χ1) is 7.79. The van der Waals surface area contributed by atoms with Crippen LogP contribution in [-0.4, -0.2) is 13.1 Å². The first kappa shape index (κ1) is 10.8. The van der Waals surface area contributed by atoms with Crippen molar-refractivity contribution in [3.8, 4) is 0 Å². The second kappa shape index (κ2) is 4.85. The molecule has 2 aromatic heterocycles. The van der Waals surface area contributed by atoms with Crippen molar-refractivity contribution in [1.29, 1.82) is 0 Å². The van der Waals surface area contributed by atoms with Gasteiger partial charge in [0.25, 0.3) is 0 Å². The Morgan fingerprint density at radius 3 is 3.19 bits per heavy atom. The monoisotopic (exact) mass is 237 g/mol. The van der Waals surface area contributed by atoms with Crippen molar-refractivity contribution in [3.05, 3.63) is 40.5 Å². The van der Waals surface area contributed by atoms with Gasteiger partial charge < -0.3 is 14.5 Å². The van der Waals surface area contributed by atoms with Crippen LogP contribution in [0.5, 0.6) is 0 Å². The van der Waals surface area contributed by atoms with Crippen molar-refractivity contribution in [3.63, 3.8) is 0 Å². The standard InChI is InChI=1S/C11H11NO3S/c1-14-11(13)8-4-10(15-6-8)5-12-9-2-3-16-7-9/h2-4,6-7,12H,5H2,1H3. The number of anilines is 1. The molecule has 1 N–H and O–H groups in total. The number of carbonyl (C=O) groups is 1. The smallest absolute Gasteiger partial charge is 0.341 e. The van der Waals surface area contributed by atoms with E-state index in [9.17, 15) is 4.79 Å². The second-order valence-corrected chi connectivity index (χ2v) is 3.94. The van der Waals surface area contributed by atoms with Crippen LogP contribution in [0, 0.1) is 0 Å². The molecule has 0 aliphatic heterocycles. The van der Waals surface area contributed by atoms with E-state index < -0.39 is 0 Å². The summed E-state index contributed by atoms with van der Waals surface area (Å²) in [4.78, 5) is 11.2. The van der Waals surface area contributed by atoms with Gasteiger partial charge in [-0.3, -0.25) is 0 Å². The number of carbonyl (C=O) groups excluding carboxylic acids is 1. The fraction of sp³-hybridized carbons (Fsp3) is 0.182. The van der Waals surface area contributed by atoms with Gasteiger partial charge in [-0.25, -0.2) is 4.79 Å². The molecule has 2 aromatic rings. The van der Waals surface area contributed by atoms with E-state index in [4.69, 9.17) is 4.42 Å². The number of rotatable bonds is 4. The molecule has 4 nitrogen and oxygen atoms in total. The number of thiophene rings is 1. The summed E-state index contributed by atoms with van der Waals surface area (Å²) in [6.07, 6.45) is 1.40. The quantitative estimate of drug-likeness (QED) is 0.831. The summed E-state index contributed by atoms with van der Waals surface area (Å²) in [5, 5.41) is 7.17. The summed E-state index contributed by atoms with van der Waals surface area (Å²) in [5.41, 5.74) is 1.48. The molecule has 0 aromatic carbocycles. The molecule has 0 unspecified atom stereocenters. The molecule has 0 saturated carbocycles. The lowest BCUT2D eigenvalue weighted by atomic mass is 10.3. The Labute approximate surface area is 96.8 Å². The SMILES string of the molecule is COC(=O)c1coc(CNc2ccsc2)c1. The zero-order valence-electron chi connectivity index (χ0n) is 8.73. The maximum absolute atomic E-state index is 11.2. The Hall–Kier alpha value is -1.75. The first-order valence-corrected chi connectivity index (χ1v) is 5.65. The maximum Gasteiger partial charge on any atom is 0.341 e. The van der Waals surface area contributed by atoms with E-state index in [1.54, 1.807) is 17.4 Å². The highest BCUT2D eigenvalue weighted by atomic mass is 32.1. The molecule has 0 saturated heterocycles. The predicted molar refractivity (Wildman–Crippen MR) is 61.7 cm³/mol. The van der Waals surface area contributed by atoms with Crippen molar-refractivity contribution in [2.24, 2.45) is 0 Å². The van der Waals surface area contributed by atoms with Gasteiger partial charge in [0.2, 0.25) is 0 Å². The van der Waals surface area contributed by atoms with Gasteiger partial charge in [0.1, 0.15) is 12.0 Å². The molecule has 0 aliphatic carbocycles. The molecule has 2 heterocycles. The third kappa shape index (κ3) is 2.43. The number of ether oxygens (including phenoxy) is 1. The molecule has 84 valence electrons. The van der Waals surface area contributed by atoms with Crippen LogP contribution in [0.1, 0.15) is 16.1 Å². The predicted octanol–water partition coefficient (Wildman–Crippen LogP) is 2.74. The van der Waals surface area contributed by atoms with Crippen LogP contribution >= 0.6 is 11.3 Å². The minimum atomic E-state index is -0.384. The third-order valence-corrected chi connectivity index (χ3v) is 2.75. The highest BCUT2D eigenvalue weighted by Gasteiger charge is 2.09. The van der Waals surface area contributed by atoms with Crippen molar-refractivity contribution in [2.75, 3.05) is 12.4 Å². The Morgan fingerprint density at radius 1 is 1.62 bits per heavy atom. The number of nitrogens with one attached hydrogen (secondary N) is 1. The third-order valence-electron chi connectivity index (χ3n) is 2.06. The number of methoxy groups -OCH3 is 1. The molecule has 0 aliphatic rings. The van der Waals surface area contributed by atoms with Crippen molar-refractivity contribution >= 4 is 23.0 Å². The van der Waals surface area contributed by atoms with Crippen LogP contribution < -0.4 is 5.32 Å². The largest absolute Gasteiger partial charge is 0.467 e. The van der Waals surface area contributed by atoms with Gasteiger partial charge in [-0.2, -0.15) is 11.3 Å². The summed E-state index contributed by atoms with van der Waals surface area (Å²) in [6, 6.07) is 3.65. The maximum atomic E-state index is 11.2. The molecule has 0 amide bonds. The molecule has 5 heteroatoms. The van der Waals surface area contributed by atoms with Crippen LogP contribution in [0.4, 0.5) is 5.69 Å². The van der Waals surface area contributed by atoms with E-state index in [-0.39, 0.29) is 5.97 Å². The summed E-state index contributed by atoms with van der Waals surface area (Å²) >= 11 is 1.62. The van der Waals surface area contributed by atoms with Gasteiger partial charge in [-0.15, -0.1) is 0 Å². The van der Waals surface area contributed by atoms with Gasteiger partial charge in [-0.1, -0.05) is 0 Å². The van der Waals surface area contributed by atoms with Gasteiger partial charge in [0, 0.05) is 11.1 Å². The first-order valence-electron chi connectivity index (χ1n) is 4.71. The lowest BCUT2D eigenvalue weighted by molar-refractivity contribution is 0.0600. The van der Waals surface area contributed by atoms with Crippen molar-refractivity contribution in [1.82, 2.24) is 0 Å². The van der Waals surface area contributed by atoms with E-state index in [2.05, 4.69) is 10.1 Å². The number of furan rings is 1. The Balaban J connectivity index is 1.95. The van der Waals surface area contributed by atoms with Gasteiger partial charge in [0.15, 0.2) is 0 Å². The van der Waals surface area contributed by atoms with Gasteiger partial charge in [-0.05, 0) is 17.5 Å². The minimum absolute atomic E-state index is 0.384. The average molecular weight is 237 g/mol. The molecule has 0 fully saturated rings. The minimum Gasteiger partial charge on any atom is -0.467 e. The molecular formula is C11H11NO3S. The molecule has 0 atom stereocenters. The van der Waals surface area contributed by atoms with E-state index in [1.807, 2.05) is 16.8 Å². The van der Waals surface area contributed by atoms with Gasteiger partial charge in [0.05, 0.1) is 19.2 Å². The number of hydrogen-bond donors (Lipinski definition) is 1. The fourth-order valence-corrected chi connectivity index (χ4v) is 1.86. The van der Waals surface area contributed by atoms with Crippen LogP contribution in [0.25, 0.3) is 0 Å². The zero-order valence-corrected chi connectivity index (χ0v) is 9.54. The van der Waals surface area contributed by atoms with E-state index in [0.29, 0.717) is 17.9 Å². The lowest BCUT2D eigenvalue weighted by Crippen LogP contribution is -1.99. The molecular weight excluding hydrogens is 226 g/mol. The van der Waals surface area contributed by atoms with Gasteiger partial charge >= 0.3 is 5.97 Å². The highest BCUT2D eigenvalue weighted by Crippen LogP contribution is 2.15. The van der Waals surface area contributed by atoms with E-state index in [1.165, 1.54) is 13.4 Å². The molecule has 0 bridgehead atoms. The molecule has 0 spiro atoms. The second-order valence-electron chi connectivity index (χ2n) is 3.16. The van der Waals surface area contributed by atoms with Crippen molar-refractivity contribution < 1.29 is 13.9 Å². The Bertz CT molecular complexity index is 461. The zero-order chi connectivity index (χ0) is 11.4. The van der Waals surface area contributed by atoms with Crippen LogP contribution in [0.15, 0.2) is 33.6 Å².